The maximum atomic E-state index is 11.2. The van der Waals surface area contributed by atoms with E-state index < -0.39 is 35.0 Å². The fourth-order valence-corrected chi connectivity index (χ4v) is 2.31. The molecule has 1 aliphatic heterocycles. The van der Waals surface area contributed by atoms with Gasteiger partial charge in [-0.05, 0) is 6.92 Å². The Labute approximate surface area is 87.6 Å². The van der Waals surface area contributed by atoms with E-state index >= 15 is 0 Å². The van der Waals surface area contributed by atoms with Crippen molar-refractivity contribution in [3.8, 4) is 0 Å². The molecule has 1 rings (SSSR count). The predicted octanol–water partition coefficient (Wildman–Crippen LogP) is -1.47. The molecule has 0 aromatic carbocycles. The fourth-order valence-electron chi connectivity index (χ4n) is 1.21. The van der Waals surface area contributed by atoms with Gasteiger partial charge in [0, 0.05) is 6.42 Å². The molecule has 2 atom stereocenters. The van der Waals surface area contributed by atoms with Crippen molar-refractivity contribution >= 4 is 16.3 Å². The third-order valence-electron chi connectivity index (χ3n) is 1.82. The van der Waals surface area contributed by atoms with Crippen LogP contribution in [0.15, 0.2) is 0 Å². The molecule has 0 amide bonds. The van der Waals surface area contributed by atoms with Crippen LogP contribution in [-0.4, -0.2) is 44.9 Å². The van der Waals surface area contributed by atoms with Crippen LogP contribution >= 0.6 is 0 Å². The van der Waals surface area contributed by atoms with Gasteiger partial charge in [-0.3, -0.25) is 0 Å². The van der Waals surface area contributed by atoms with Crippen LogP contribution in [0.25, 0.3) is 0 Å². The van der Waals surface area contributed by atoms with Crippen molar-refractivity contribution in [3.63, 3.8) is 0 Å². The van der Waals surface area contributed by atoms with Crippen molar-refractivity contribution in [3.05, 3.63) is 0 Å². The smallest absolute Gasteiger partial charge is 0.337 e. The summed E-state index contributed by atoms with van der Waals surface area (Å²) < 4.78 is 33.4. The van der Waals surface area contributed by atoms with Crippen LogP contribution in [0.4, 0.5) is 0 Å². The van der Waals surface area contributed by atoms with E-state index in [0.717, 1.165) is 0 Å². The normalized spacial score (nSPS) is 29.7. The number of aliphatic hydroxyl groups is 1. The van der Waals surface area contributed by atoms with Gasteiger partial charge in [-0.15, -0.1) is 0 Å². The molecule has 0 aromatic heterocycles. The number of nitrogens with one attached hydrogen (secondary N) is 1. The van der Waals surface area contributed by atoms with Crippen molar-refractivity contribution in [2.75, 3.05) is 13.2 Å². The quantitative estimate of drug-likeness (QED) is 0.583. The highest BCUT2D eigenvalue weighted by molar-refractivity contribution is 7.84. The Kier molecular flexibility index (Phi) is 4.03. The Hall–Kier alpha value is -0.700. The summed E-state index contributed by atoms with van der Waals surface area (Å²) in [5.41, 5.74) is 0. The molecule has 0 spiro atoms. The van der Waals surface area contributed by atoms with Gasteiger partial charge in [-0.2, -0.15) is 13.1 Å². The molecule has 7 nitrogen and oxygen atoms in total. The molecule has 8 heteroatoms. The third kappa shape index (κ3) is 3.42. The second kappa shape index (κ2) is 4.88. The summed E-state index contributed by atoms with van der Waals surface area (Å²) in [6.45, 7) is 1.37. The minimum atomic E-state index is -3.97. The Balaban J connectivity index is 2.70. The molecule has 0 aliphatic carbocycles. The fraction of sp³-hybridized carbons (Fsp3) is 0.857. The largest absolute Gasteiger partial charge is 0.464 e. The molecule has 0 unspecified atom stereocenters. The monoisotopic (exact) mass is 239 g/mol. The molecule has 0 bridgehead atoms. The zero-order chi connectivity index (χ0) is 11.5. The van der Waals surface area contributed by atoms with Gasteiger partial charge in [-0.1, -0.05) is 0 Å². The van der Waals surface area contributed by atoms with Crippen LogP contribution in [0.5, 0.6) is 0 Å². The highest BCUT2D eigenvalue weighted by atomic mass is 32.2. The van der Waals surface area contributed by atoms with Crippen molar-refractivity contribution in [1.29, 1.82) is 0 Å². The summed E-state index contributed by atoms with van der Waals surface area (Å²) in [6, 6.07) is -0.710. The Morgan fingerprint density at radius 3 is 2.87 bits per heavy atom. The molecule has 15 heavy (non-hydrogen) atoms. The molecular weight excluding hydrogens is 226 g/mol. The van der Waals surface area contributed by atoms with Crippen LogP contribution in [0.1, 0.15) is 13.3 Å². The zero-order valence-corrected chi connectivity index (χ0v) is 8.99. The average Bonchev–Trinajstić information content (AvgIpc) is 2.15. The standard InChI is InChI=1S/C7H13NO6S/c1-2-13-7(10)6-3-5(4-9)8-15(11,12)14-6/h5-6,8-9H,2-4H2,1H3/t5-,6+/m0/s1. The number of aliphatic hydroxyl groups excluding tert-OH is 1. The topological polar surface area (TPSA) is 102 Å². The van der Waals surface area contributed by atoms with E-state index in [4.69, 9.17) is 5.11 Å². The number of esters is 1. The lowest BCUT2D eigenvalue weighted by atomic mass is 10.1. The van der Waals surface area contributed by atoms with Crippen molar-refractivity contribution in [2.45, 2.75) is 25.5 Å². The minimum Gasteiger partial charge on any atom is -0.464 e. The molecule has 2 N–H and O–H groups in total. The molecule has 1 fully saturated rings. The highest BCUT2D eigenvalue weighted by Gasteiger charge is 2.36. The number of hydrogen-bond acceptors (Lipinski definition) is 6. The summed E-state index contributed by atoms with van der Waals surface area (Å²) in [4.78, 5) is 11.2. The Bertz CT molecular complexity index is 326. The van der Waals surface area contributed by atoms with E-state index in [2.05, 4.69) is 13.6 Å². The first-order valence-electron chi connectivity index (χ1n) is 4.46. The van der Waals surface area contributed by atoms with Gasteiger partial charge >= 0.3 is 16.3 Å². The zero-order valence-electron chi connectivity index (χ0n) is 8.17. The van der Waals surface area contributed by atoms with E-state index in [-0.39, 0.29) is 13.0 Å². The maximum absolute atomic E-state index is 11.2. The summed E-state index contributed by atoms with van der Waals surface area (Å²) in [7, 11) is -3.97. The molecule has 0 saturated carbocycles. The maximum Gasteiger partial charge on any atom is 0.337 e. The van der Waals surface area contributed by atoms with Crippen LogP contribution in [-0.2, 0) is 24.0 Å². The Morgan fingerprint density at radius 1 is 1.67 bits per heavy atom. The van der Waals surface area contributed by atoms with Gasteiger partial charge in [0.05, 0.1) is 19.3 Å². The van der Waals surface area contributed by atoms with Gasteiger partial charge in [-0.25, -0.2) is 8.98 Å². The lowest BCUT2D eigenvalue weighted by Crippen LogP contribution is -2.50. The number of hydrogen-bond donors (Lipinski definition) is 2. The summed E-state index contributed by atoms with van der Waals surface area (Å²) in [5, 5.41) is 8.82. The predicted molar refractivity (Wildman–Crippen MR) is 49.1 cm³/mol. The first kappa shape index (κ1) is 12.4. The average molecular weight is 239 g/mol. The molecule has 1 heterocycles. The first-order valence-corrected chi connectivity index (χ1v) is 5.87. The lowest BCUT2D eigenvalue weighted by molar-refractivity contribution is -0.152. The van der Waals surface area contributed by atoms with Crippen molar-refractivity contribution < 1.29 is 27.2 Å². The molecule has 0 radical (unpaired) electrons. The first-order chi connectivity index (χ1) is 6.98. The van der Waals surface area contributed by atoms with Gasteiger partial charge in [0.25, 0.3) is 0 Å². The van der Waals surface area contributed by atoms with E-state index in [1.165, 1.54) is 0 Å². The second-order valence-electron chi connectivity index (χ2n) is 3.02. The van der Waals surface area contributed by atoms with Gasteiger partial charge in [0.2, 0.25) is 0 Å². The molecular formula is C7H13NO6S. The van der Waals surface area contributed by atoms with Gasteiger partial charge < -0.3 is 9.84 Å². The highest BCUT2D eigenvalue weighted by Crippen LogP contribution is 2.15. The number of carbonyl (C=O) groups is 1. The van der Waals surface area contributed by atoms with Crippen LogP contribution < -0.4 is 4.72 Å². The number of ether oxygens (including phenoxy) is 1. The summed E-state index contributed by atoms with van der Waals surface area (Å²) >= 11 is 0. The van der Waals surface area contributed by atoms with Crippen LogP contribution in [0, 0.1) is 0 Å². The lowest BCUT2D eigenvalue weighted by Gasteiger charge is -2.26. The third-order valence-corrected chi connectivity index (χ3v) is 2.93. The van der Waals surface area contributed by atoms with E-state index in [1.54, 1.807) is 6.92 Å². The SMILES string of the molecule is CCOC(=O)[C@H]1C[C@@H](CO)NS(=O)(=O)O1. The van der Waals surface area contributed by atoms with Crippen LogP contribution in [0.2, 0.25) is 0 Å². The Morgan fingerprint density at radius 2 is 2.33 bits per heavy atom. The summed E-state index contributed by atoms with van der Waals surface area (Å²) in [5.74, 6) is -0.735. The number of rotatable bonds is 3. The van der Waals surface area contributed by atoms with Crippen molar-refractivity contribution in [2.24, 2.45) is 0 Å². The van der Waals surface area contributed by atoms with E-state index in [9.17, 15) is 13.2 Å². The number of carbonyl (C=O) groups excluding carboxylic acids is 1. The summed E-state index contributed by atoms with van der Waals surface area (Å²) in [6.07, 6.45) is -1.11. The molecule has 0 aromatic rings. The molecule has 88 valence electrons. The molecule has 1 saturated heterocycles. The van der Waals surface area contributed by atoms with E-state index in [1.807, 2.05) is 0 Å². The van der Waals surface area contributed by atoms with Gasteiger partial charge in [0.1, 0.15) is 0 Å². The van der Waals surface area contributed by atoms with Crippen molar-refractivity contribution in [1.82, 2.24) is 4.72 Å². The van der Waals surface area contributed by atoms with Gasteiger partial charge in [0.15, 0.2) is 6.10 Å². The second-order valence-corrected chi connectivity index (χ2v) is 4.36. The van der Waals surface area contributed by atoms with E-state index in [0.29, 0.717) is 0 Å². The minimum absolute atomic E-state index is 0.0641. The van der Waals surface area contributed by atoms with Crippen LogP contribution in [0.3, 0.4) is 0 Å². The molecule has 1 aliphatic rings.